The molecule has 1 aromatic heterocycles. The Balaban J connectivity index is 0.00000144. The SMILES string of the molecule is Cl.N[C@@H](c1cccs1)c1cc(Cl)cc(Cl)c1Cl. The molecular weight excluding hydrogens is 320 g/mol. The molecule has 1 atom stereocenters. The average molecular weight is 329 g/mol. The van der Waals surface area contributed by atoms with E-state index in [1.54, 1.807) is 23.5 Å². The van der Waals surface area contributed by atoms with E-state index in [4.69, 9.17) is 40.5 Å². The summed E-state index contributed by atoms with van der Waals surface area (Å²) in [5.41, 5.74) is 6.86. The molecule has 1 aromatic carbocycles. The van der Waals surface area contributed by atoms with Crippen molar-refractivity contribution in [3.63, 3.8) is 0 Å². The van der Waals surface area contributed by atoms with E-state index in [-0.39, 0.29) is 18.4 Å². The van der Waals surface area contributed by atoms with Gasteiger partial charge in [0.25, 0.3) is 0 Å². The Hall–Kier alpha value is 0.0400. The van der Waals surface area contributed by atoms with Crippen molar-refractivity contribution in [2.24, 2.45) is 5.73 Å². The van der Waals surface area contributed by atoms with Crippen LogP contribution < -0.4 is 5.73 Å². The third-order valence-corrected chi connectivity index (χ3v) is 4.20. The van der Waals surface area contributed by atoms with Gasteiger partial charge < -0.3 is 5.73 Å². The van der Waals surface area contributed by atoms with Gasteiger partial charge in [-0.05, 0) is 29.1 Å². The summed E-state index contributed by atoms with van der Waals surface area (Å²) in [5, 5.41) is 3.40. The number of nitrogens with two attached hydrogens (primary N) is 1. The zero-order valence-corrected chi connectivity index (χ0v) is 12.4. The minimum atomic E-state index is -0.288. The monoisotopic (exact) mass is 327 g/mol. The lowest BCUT2D eigenvalue weighted by Crippen LogP contribution is -2.10. The van der Waals surface area contributed by atoms with Gasteiger partial charge in [-0.1, -0.05) is 40.9 Å². The standard InChI is InChI=1S/C11H8Cl3NS.ClH/c12-6-4-7(10(14)8(13)5-6)11(15)9-2-1-3-16-9;/h1-5,11H,15H2;1H/t11-;/m1./s1. The van der Waals surface area contributed by atoms with E-state index in [9.17, 15) is 0 Å². The zero-order chi connectivity index (χ0) is 11.7. The Kier molecular flexibility index (Phi) is 5.58. The van der Waals surface area contributed by atoms with Crippen molar-refractivity contribution in [3.8, 4) is 0 Å². The third-order valence-electron chi connectivity index (χ3n) is 2.21. The van der Waals surface area contributed by atoms with Gasteiger partial charge in [0, 0.05) is 9.90 Å². The molecule has 0 amide bonds. The molecule has 0 saturated heterocycles. The predicted molar refractivity (Wildman–Crippen MR) is 79.1 cm³/mol. The second kappa shape index (κ2) is 6.28. The molecule has 0 aliphatic rings. The fraction of sp³-hybridized carbons (Fsp3) is 0.0909. The van der Waals surface area contributed by atoms with Crippen molar-refractivity contribution in [2.45, 2.75) is 6.04 Å². The highest BCUT2D eigenvalue weighted by atomic mass is 35.5. The Morgan fingerprint density at radius 3 is 2.47 bits per heavy atom. The summed E-state index contributed by atoms with van der Waals surface area (Å²) in [6.45, 7) is 0. The van der Waals surface area contributed by atoms with Crippen LogP contribution in [-0.2, 0) is 0 Å². The molecule has 0 unspecified atom stereocenters. The minimum Gasteiger partial charge on any atom is -0.320 e. The summed E-state index contributed by atoms with van der Waals surface area (Å²) < 4.78 is 0. The molecule has 2 N–H and O–H groups in total. The summed E-state index contributed by atoms with van der Waals surface area (Å²) in [6.07, 6.45) is 0. The van der Waals surface area contributed by atoms with Crippen LogP contribution in [0, 0.1) is 0 Å². The van der Waals surface area contributed by atoms with Crippen molar-refractivity contribution < 1.29 is 0 Å². The number of hydrogen-bond acceptors (Lipinski definition) is 2. The fourth-order valence-electron chi connectivity index (χ4n) is 1.42. The Morgan fingerprint density at radius 1 is 1.18 bits per heavy atom. The van der Waals surface area contributed by atoms with Crippen LogP contribution in [0.2, 0.25) is 15.1 Å². The molecule has 0 spiro atoms. The van der Waals surface area contributed by atoms with Gasteiger partial charge in [-0.25, -0.2) is 0 Å². The molecule has 0 saturated carbocycles. The van der Waals surface area contributed by atoms with Gasteiger partial charge in [0.05, 0.1) is 16.1 Å². The van der Waals surface area contributed by atoms with Gasteiger partial charge in [0.2, 0.25) is 0 Å². The highest BCUT2D eigenvalue weighted by Gasteiger charge is 2.16. The molecule has 0 aliphatic heterocycles. The molecule has 17 heavy (non-hydrogen) atoms. The third kappa shape index (κ3) is 3.28. The molecule has 0 aliphatic carbocycles. The van der Waals surface area contributed by atoms with E-state index in [2.05, 4.69) is 0 Å². The van der Waals surface area contributed by atoms with Crippen LogP contribution in [0.25, 0.3) is 0 Å². The summed E-state index contributed by atoms with van der Waals surface area (Å²) in [5.74, 6) is 0. The zero-order valence-electron chi connectivity index (χ0n) is 8.49. The number of halogens is 4. The van der Waals surface area contributed by atoms with Crippen molar-refractivity contribution in [1.29, 1.82) is 0 Å². The van der Waals surface area contributed by atoms with E-state index in [1.165, 1.54) is 0 Å². The maximum absolute atomic E-state index is 6.11. The quantitative estimate of drug-likeness (QED) is 0.755. The molecule has 92 valence electrons. The molecule has 1 nitrogen and oxygen atoms in total. The maximum Gasteiger partial charge on any atom is 0.0661 e. The molecule has 2 rings (SSSR count). The van der Waals surface area contributed by atoms with Crippen LogP contribution in [-0.4, -0.2) is 0 Å². The highest BCUT2D eigenvalue weighted by molar-refractivity contribution is 7.10. The first-order valence-corrected chi connectivity index (χ1v) is 6.54. The molecule has 6 heteroatoms. The van der Waals surface area contributed by atoms with Gasteiger partial charge >= 0.3 is 0 Å². The lowest BCUT2D eigenvalue weighted by molar-refractivity contribution is 0.894. The number of thiophene rings is 1. The smallest absolute Gasteiger partial charge is 0.0661 e. The first-order chi connectivity index (χ1) is 7.59. The van der Waals surface area contributed by atoms with E-state index in [0.717, 1.165) is 10.4 Å². The lowest BCUT2D eigenvalue weighted by Gasteiger charge is -2.13. The highest BCUT2D eigenvalue weighted by Crippen LogP contribution is 2.35. The minimum absolute atomic E-state index is 0. The van der Waals surface area contributed by atoms with Gasteiger partial charge in [0.1, 0.15) is 0 Å². The fourth-order valence-corrected chi connectivity index (χ4v) is 2.90. The van der Waals surface area contributed by atoms with Gasteiger partial charge in [-0.2, -0.15) is 0 Å². The second-order valence-corrected chi connectivity index (χ2v) is 5.48. The van der Waals surface area contributed by atoms with Gasteiger partial charge in [-0.3, -0.25) is 0 Å². The summed E-state index contributed by atoms with van der Waals surface area (Å²) in [7, 11) is 0. The van der Waals surface area contributed by atoms with Crippen LogP contribution in [0.5, 0.6) is 0 Å². The summed E-state index contributed by atoms with van der Waals surface area (Å²) >= 11 is 19.6. The molecule has 0 fully saturated rings. The first-order valence-electron chi connectivity index (χ1n) is 4.53. The lowest BCUT2D eigenvalue weighted by atomic mass is 10.1. The van der Waals surface area contributed by atoms with Gasteiger partial charge in [0.15, 0.2) is 0 Å². The van der Waals surface area contributed by atoms with Crippen LogP contribution >= 0.6 is 58.5 Å². The Morgan fingerprint density at radius 2 is 1.88 bits per heavy atom. The summed E-state index contributed by atoms with van der Waals surface area (Å²) in [4.78, 5) is 1.03. The molecule has 1 heterocycles. The molecule has 2 aromatic rings. The van der Waals surface area contributed by atoms with Gasteiger partial charge in [-0.15, -0.1) is 23.7 Å². The Labute approximate surface area is 125 Å². The topological polar surface area (TPSA) is 26.0 Å². The summed E-state index contributed by atoms with van der Waals surface area (Å²) in [6, 6.07) is 6.97. The molecule has 0 bridgehead atoms. The first kappa shape index (κ1) is 15.1. The maximum atomic E-state index is 6.11. The van der Waals surface area contributed by atoms with E-state index in [1.807, 2.05) is 17.5 Å². The molecule has 0 radical (unpaired) electrons. The second-order valence-electron chi connectivity index (χ2n) is 3.28. The normalized spacial score (nSPS) is 12.0. The molecular formula is C11H9Cl4NS. The van der Waals surface area contributed by atoms with Crippen LogP contribution in [0.4, 0.5) is 0 Å². The largest absolute Gasteiger partial charge is 0.320 e. The number of rotatable bonds is 2. The van der Waals surface area contributed by atoms with Crippen molar-refractivity contribution in [2.75, 3.05) is 0 Å². The van der Waals surface area contributed by atoms with E-state index >= 15 is 0 Å². The average Bonchev–Trinajstić information content (AvgIpc) is 2.75. The van der Waals surface area contributed by atoms with Crippen molar-refractivity contribution in [1.82, 2.24) is 0 Å². The number of benzene rings is 1. The van der Waals surface area contributed by atoms with Crippen LogP contribution in [0.1, 0.15) is 16.5 Å². The predicted octanol–water partition coefficient (Wildman–Crippen LogP) is 5.18. The van der Waals surface area contributed by atoms with E-state index in [0.29, 0.717) is 15.1 Å². The Bertz CT molecular complexity index is 498. The number of hydrogen-bond donors (Lipinski definition) is 1. The van der Waals surface area contributed by atoms with Crippen LogP contribution in [0.15, 0.2) is 29.6 Å². The van der Waals surface area contributed by atoms with Crippen molar-refractivity contribution >= 4 is 58.5 Å². The van der Waals surface area contributed by atoms with E-state index < -0.39 is 0 Å². The van der Waals surface area contributed by atoms with Crippen LogP contribution in [0.3, 0.4) is 0 Å². The van der Waals surface area contributed by atoms with Crippen molar-refractivity contribution in [3.05, 3.63) is 55.2 Å².